The lowest BCUT2D eigenvalue weighted by molar-refractivity contribution is -0.123. The van der Waals surface area contributed by atoms with E-state index < -0.39 is 0 Å². The Morgan fingerprint density at radius 2 is 1.85 bits per heavy atom. The molecule has 1 aromatic heterocycles. The van der Waals surface area contributed by atoms with E-state index in [4.69, 9.17) is 4.74 Å². The minimum atomic E-state index is -0.144. The number of amides is 1. The van der Waals surface area contributed by atoms with Crippen LogP contribution in [-0.2, 0) is 24.3 Å². The molecular formula is C21H22N4O2. The van der Waals surface area contributed by atoms with Crippen molar-refractivity contribution in [3.8, 4) is 17.1 Å². The number of nitrogens with one attached hydrogen (secondary N) is 1. The van der Waals surface area contributed by atoms with Crippen LogP contribution >= 0.6 is 0 Å². The van der Waals surface area contributed by atoms with Gasteiger partial charge in [-0.2, -0.15) is 0 Å². The van der Waals surface area contributed by atoms with Crippen molar-refractivity contribution in [2.24, 2.45) is 0 Å². The molecule has 1 amide bonds. The lowest BCUT2D eigenvalue weighted by Crippen LogP contribution is -2.28. The summed E-state index contributed by atoms with van der Waals surface area (Å²) in [4.78, 5) is 11.9. The maximum atomic E-state index is 11.9. The summed E-state index contributed by atoms with van der Waals surface area (Å²) in [7, 11) is 0. The van der Waals surface area contributed by atoms with E-state index in [2.05, 4.69) is 20.1 Å². The Kier molecular flexibility index (Phi) is 5.14. The number of benzene rings is 2. The van der Waals surface area contributed by atoms with Crippen LogP contribution in [0.15, 0.2) is 54.6 Å². The Bertz CT molecular complexity index is 904. The van der Waals surface area contributed by atoms with E-state index >= 15 is 0 Å². The number of carbonyl (C=O) groups excluding carboxylic acids is 1. The van der Waals surface area contributed by atoms with Gasteiger partial charge in [-0.1, -0.05) is 30.3 Å². The average Bonchev–Trinajstić information content (AvgIpc) is 3.16. The number of hydrogen-bond acceptors (Lipinski definition) is 4. The standard InChI is InChI=1S/C21H22N4O2/c26-20(22-14-16-6-2-1-3-7-16)15-27-18-11-9-17(10-12-18)21-24-23-19-8-4-5-13-25(19)21/h1-3,6-7,9-12H,4-5,8,13-15H2,(H,22,26). The lowest BCUT2D eigenvalue weighted by Gasteiger charge is -2.14. The van der Waals surface area contributed by atoms with Gasteiger partial charge in [0.2, 0.25) is 0 Å². The quantitative estimate of drug-likeness (QED) is 0.732. The third-order valence-electron chi connectivity index (χ3n) is 4.67. The highest BCUT2D eigenvalue weighted by atomic mass is 16.5. The van der Waals surface area contributed by atoms with Crippen molar-refractivity contribution in [3.63, 3.8) is 0 Å². The van der Waals surface area contributed by atoms with Crippen molar-refractivity contribution in [2.45, 2.75) is 32.4 Å². The summed E-state index contributed by atoms with van der Waals surface area (Å²) in [5.74, 6) is 2.48. The first-order chi connectivity index (χ1) is 13.3. The second-order valence-corrected chi connectivity index (χ2v) is 6.62. The molecule has 1 aliphatic heterocycles. The molecule has 0 bridgehead atoms. The number of rotatable bonds is 6. The topological polar surface area (TPSA) is 69.0 Å². The number of fused-ring (bicyclic) bond motifs is 1. The Labute approximate surface area is 158 Å². The maximum Gasteiger partial charge on any atom is 0.258 e. The molecule has 0 radical (unpaired) electrons. The van der Waals surface area contributed by atoms with Crippen LogP contribution in [0.5, 0.6) is 5.75 Å². The highest BCUT2D eigenvalue weighted by Gasteiger charge is 2.16. The first-order valence-electron chi connectivity index (χ1n) is 9.25. The Hall–Kier alpha value is -3.15. The Morgan fingerprint density at radius 1 is 1.04 bits per heavy atom. The van der Waals surface area contributed by atoms with Gasteiger partial charge in [0.05, 0.1) is 0 Å². The van der Waals surface area contributed by atoms with Crippen molar-refractivity contribution < 1.29 is 9.53 Å². The summed E-state index contributed by atoms with van der Waals surface area (Å²) < 4.78 is 7.78. The van der Waals surface area contributed by atoms with Crippen LogP contribution in [0.1, 0.15) is 24.2 Å². The van der Waals surface area contributed by atoms with Crippen LogP contribution < -0.4 is 10.1 Å². The number of carbonyl (C=O) groups is 1. The molecule has 0 saturated heterocycles. The molecule has 6 nitrogen and oxygen atoms in total. The van der Waals surface area contributed by atoms with Crippen molar-refractivity contribution >= 4 is 5.91 Å². The van der Waals surface area contributed by atoms with Crippen molar-refractivity contribution in [3.05, 3.63) is 66.0 Å². The molecule has 1 aliphatic rings. The SMILES string of the molecule is O=C(COc1ccc(-c2nnc3n2CCCC3)cc1)NCc1ccccc1. The summed E-state index contributed by atoms with van der Waals surface area (Å²) in [5, 5.41) is 11.5. The molecule has 0 aliphatic carbocycles. The first kappa shape index (κ1) is 17.3. The second-order valence-electron chi connectivity index (χ2n) is 6.62. The zero-order valence-electron chi connectivity index (χ0n) is 15.1. The third-order valence-corrected chi connectivity index (χ3v) is 4.67. The third kappa shape index (κ3) is 4.16. The van der Waals surface area contributed by atoms with Crippen LogP contribution in [0.3, 0.4) is 0 Å². The molecular weight excluding hydrogens is 340 g/mol. The monoisotopic (exact) mass is 362 g/mol. The van der Waals surface area contributed by atoms with Crippen molar-refractivity contribution in [1.82, 2.24) is 20.1 Å². The minimum absolute atomic E-state index is 0.00743. The van der Waals surface area contributed by atoms with E-state index in [1.54, 1.807) is 0 Å². The second kappa shape index (κ2) is 8.03. The molecule has 3 aromatic rings. The van der Waals surface area contributed by atoms with Gasteiger partial charge in [-0.15, -0.1) is 10.2 Å². The van der Waals surface area contributed by atoms with Crippen molar-refractivity contribution in [1.29, 1.82) is 0 Å². The summed E-state index contributed by atoms with van der Waals surface area (Å²) in [6.07, 6.45) is 3.33. The molecule has 27 heavy (non-hydrogen) atoms. The molecule has 0 fully saturated rings. The maximum absolute atomic E-state index is 11.9. The van der Waals surface area contributed by atoms with Crippen LogP contribution in [0.25, 0.3) is 11.4 Å². The molecule has 2 aromatic carbocycles. The lowest BCUT2D eigenvalue weighted by atomic mass is 10.1. The van der Waals surface area contributed by atoms with Gasteiger partial charge < -0.3 is 14.6 Å². The number of aryl methyl sites for hydroxylation is 1. The smallest absolute Gasteiger partial charge is 0.258 e. The zero-order valence-corrected chi connectivity index (χ0v) is 15.1. The van der Waals surface area contributed by atoms with E-state index in [0.29, 0.717) is 12.3 Å². The number of nitrogens with zero attached hydrogens (tertiary/aromatic N) is 3. The molecule has 6 heteroatoms. The molecule has 0 spiro atoms. The summed E-state index contributed by atoms with van der Waals surface area (Å²) in [6, 6.07) is 17.5. The summed E-state index contributed by atoms with van der Waals surface area (Å²) in [6.45, 7) is 1.46. The highest BCUT2D eigenvalue weighted by Crippen LogP contribution is 2.24. The van der Waals surface area contributed by atoms with E-state index in [1.807, 2.05) is 54.6 Å². The Balaban J connectivity index is 1.32. The van der Waals surface area contributed by atoms with Gasteiger partial charge >= 0.3 is 0 Å². The van der Waals surface area contributed by atoms with Crippen LogP contribution in [0, 0.1) is 0 Å². The number of ether oxygens (including phenoxy) is 1. The predicted octanol–water partition coefficient (Wildman–Crippen LogP) is 2.98. The molecule has 1 N–H and O–H groups in total. The minimum Gasteiger partial charge on any atom is -0.484 e. The molecule has 0 atom stereocenters. The Morgan fingerprint density at radius 3 is 2.67 bits per heavy atom. The van der Waals surface area contributed by atoms with Gasteiger partial charge in [-0.25, -0.2) is 0 Å². The number of hydrogen-bond donors (Lipinski definition) is 1. The molecule has 2 heterocycles. The van der Waals surface area contributed by atoms with Gasteiger partial charge in [0.1, 0.15) is 11.6 Å². The predicted molar refractivity (Wildman–Crippen MR) is 102 cm³/mol. The molecule has 138 valence electrons. The molecule has 0 saturated carbocycles. The van der Waals surface area contributed by atoms with Crippen LogP contribution in [-0.4, -0.2) is 27.3 Å². The summed E-state index contributed by atoms with van der Waals surface area (Å²) >= 11 is 0. The van der Waals surface area contributed by atoms with Crippen LogP contribution in [0.4, 0.5) is 0 Å². The fourth-order valence-electron chi connectivity index (χ4n) is 3.22. The zero-order chi connectivity index (χ0) is 18.5. The fourth-order valence-corrected chi connectivity index (χ4v) is 3.22. The summed E-state index contributed by atoms with van der Waals surface area (Å²) in [5.41, 5.74) is 2.07. The molecule has 0 unspecified atom stereocenters. The van der Waals surface area contributed by atoms with Gasteiger partial charge in [0.15, 0.2) is 12.4 Å². The fraction of sp³-hybridized carbons (Fsp3) is 0.286. The van der Waals surface area contributed by atoms with Gasteiger partial charge in [0.25, 0.3) is 5.91 Å². The normalized spacial score (nSPS) is 13.0. The van der Waals surface area contributed by atoms with Crippen molar-refractivity contribution in [2.75, 3.05) is 6.61 Å². The van der Waals surface area contributed by atoms with Gasteiger partial charge in [-0.3, -0.25) is 4.79 Å². The van der Waals surface area contributed by atoms with E-state index in [-0.39, 0.29) is 12.5 Å². The first-order valence-corrected chi connectivity index (χ1v) is 9.25. The van der Waals surface area contributed by atoms with E-state index in [1.165, 1.54) is 6.42 Å². The number of aromatic nitrogens is 3. The molecule has 4 rings (SSSR count). The largest absolute Gasteiger partial charge is 0.484 e. The van der Waals surface area contributed by atoms with E-state index in [9.17, 15) is 4.79 Å². The average molecular weight is 362 g/mol. The van der Waals surface area contributed by atoms with Gasteiger partial charge in [0, 0.05) is 25.1 Å². The van der Waals surface area contributed by atoms with E-state index in [0.717, 1.165) is 42.2 Å². The van der Waals surface area contributed by atoms with Crippen LogP contribution in [0.2, 0.25) is 0 Å². The highest BCUT2D eigenvalue weighted by molar-refractivity contribution is 5.77. The van der Waals surface area contributed by atoms with Gasteiger partial charge in [-0.05, 0) is 42.7 Å².